The zero-order chi connectivity index (χ0) is 18.9. The maximum atomic E-state index is 12.6. The third-order valence-electron chi connectivity index (χ3n) is 6.13. The Balaban J connectivity index is 1.38. The highest BCUT2D eigenvalue weighted by molar-refractivity contribution is 5.87. The molecule has 1 aromatic heterocycles. The van der Waals surface area contributed by atoms with E-state index in [-0.39, 0.29) is 17.4 Å². The molecule has 2 fully saturated rings. The molecule has 4 rings (SSSR count). The number of piperidine rings is 1. The molecule has 2 aromatic rings. The normalized spacial score (nSPS) is 21.9. The molecule has 0 saturated carbocycles. The quantitative estimate of drug-likeness (QED) is 0.909. The molecule has 5 heteroatoms. The largest absolute Gasteiger partial charge is 0.350 e. The third-order valence-corrected chi connectivity index (χ3v) is 6.13. The first-order valence-corrected chi connectivity index (χ1v) is 9.81. The lowest BCUT2D eigenvalue weighted by atomic mass is 9.82. The molecule has 1 N–H and O–H groups in total. The van der Waals surface area contributed by atoms with Gasteiger partial charge in [-0.1, -0.05) is 30.3 Å². The smallest absolute Gasteiger partial charge is 0.228 e. The monoisotopic (exact) mass is 362 g/mol. The molecule has 0 bridgehead atoms. The van der Waals surface area contributed by atoms with Crippen LogP contribution in [0.2, 0.25) is 0 Å². The average molecular weight is 362 g/mol. The second-order valence-corrected chi connectivity index (χ2v) is 7.84. The fourth-order valence-electron chi connectivity index (χ4n) is 4.57. The number of nitriles is 1. The van der Waals surface area contributed by atoms with Crippen molar-refractivity contribution in [3.8, 4) is 6.07 Å². The standard InChI is InChI=1S/C22H26N4O/c1-2-26-16-17(12-19(26)14-23)15-25-10-8-22(9-11-25)13-20(21(27)24-22)18-6-4-3-5-7-18/h3-7,12,16,20H,2,8-11,13,15H2,1H3,(H,24,27)/t20-/m0/s1. The third kappa shape index (κ3) is 3.50. The maximum Gasteiger partial charge on any atom is 0.228 e. The molecule has 0 aliphatic carbocycles. The first-order valence-electron chi connectivity index (χ1n) is 9.81. The van der Waals surface area contributed by atoms with E-state index in [2.05, 4.69) is 41.5 Å². The molecule has 2 aliphatic rings. The highest BCUT2D eigenvalue weighted by Crippen LogP contribution is 2.39. The van der Waals surface area contributed by atoms with Crippen LogP contribution in [0.3, 0.4) is 0 Å². The van der Waals surface area contributed by atoms with Crippen molar-refractivity contribution in [3.63, 3.8) is 0 Å². The van der Waals surface area contributed by atoms with Gasteiger partial charge in [-0.2, -0.15) is 5.26 Å². The van der Waals surface area contributed by atoms with E-state index in [0.29, 0.717) is 0 Å². The van der Waals surface area contributed by atoms with Gasteiger partial charge in [-0.15, -0.1) is 0 Å². The number of carbonyl (C=O) groups excluding carboxylic acids is 1. The van der Waals surface area contributed by atoms with Crippen LogP contribution in [0.25, 0.3) is 0 Å². The number of aromatic nitrogens is 1. The van der Waals surface area contributed by atoms with Crippen molar-refractivity contribution in [1.29, 1.82) is 5.26 Å². The number of benzene rings is 1. The molecule has 1 spiro atoms. The molecule has 5 nitrogen and oxygen atoms in total. The van der Waals surface area contributed by atoms with Crippen LogP contribution in [0.4, 0.5) is 0 Å². The Morgan fingerprint density at radius 1 is 1.26 bits per heavy atom. The highest BCUT2D eigenvalue weighted by atomic mass is 16.2. The lowest BCUT2D eigenvalue weighted by Crippen LogP contribution is -2.50. The fraction of sp³-hybridized carbons (Fsp3) is 0.455. The van der Waals surface area contributed by atoms with Crippen LogP contribution in [0, 0.1) is 11.3 Å². The van der Waals surface area contributed by atoms with Gasteiger partial charge in [0.15, 0.2) is 0 Å². The summed E-state index contributed by atoms with van der Waals surface area (Å²) >= 11 is 0. The Bertz CT molecular complexity index is 856. The molecule has 1 atom stereocenters. The van der Waals surface area contributed by atoms with Crippen molar-refractivity contribution in [1.82, 2.24) is 14.8 Å². The van der Waals surface area contributed by atoms with Crippen LogP contribution in [0.5, 0.6) is 0 Å². The van der Waals surface area contributed by atoms with Gasteiger partial charge < -0.3 is 9.88 Å². The lowest BCUT2D eigenvalue weighted by molar-refractivity contribution is -0.121. The average Bonchev–Trinajstić information content (AvgIpc) is 3.25. The van der Waals surface area contributed by atoms with E-state index in [0.717, 1.165) is 56.7 Å². The summed E-state index contributed by atoms with van der Waals surface area (Å²) in [7, 11) is 0. The predicted octanol–water partition coefficient (Wildman–Crippen LogP) is 3.02. The van der Waals surface area contributed by atoms with Crippen LogP contribution in [-0.2, 0) is 17.9 Å². The van der Waals surface area contributed by atoms with E-state index in [9.17, 15) is 10.1 Å². The number of rotatable bonds is 4. The molecule has 0 unspecified atom stereocenters. The van der Waals surface area contributed by atoms with Crippen LogP contribution < -0.4 is 5.32 Å². The Labute approximate surface area is 160 Å². The summed E-state index contributed by atoms with van der Waals surface area (Å²) in [5, 5.41) is 12.5. The number of hydrogen-bond acceptors (Lipinski definition) is 3. The predicted molar refractivity (Wildman–Crippen MR) is 104 cm³/mol. The number of likely N-dealkylation sites (tertiary alicyclic amines) is 1. The summed E-state index contributed by atoms with van der Waals surface area (Å²) in [6, 6.07) is 14.4. The van der Waals surface area contributed by atoms with Crippen molar-refractivity contribution < 1.29 is 4.79 Å². The number of carbonyl (C=O) groups is 1. The van der Waals surface area contributed by atoms with Crippen molar-refractivity contribution in [2.45, 2.75) is 50.7 Å². The van der Waals surface area contributed by atoms with E-state index in [1.807, 2.05) is 28.8 Å². The first kappa shape index (κ1) is 17.8. The highest BCUT2D eigenvalue weighted by Gasteiger charge is 2.46. The molecular weight excluding hydrogens is 336 g/mol. The summed E-state index contributed by atoms with van der Waals surface area (Å²) in [5.41, 5.74) is 3.00. The van der Waals surface area contributed by atoms with E-state index >= 15 is 0 Å². The zero-order valence-corrected chi connectivity index (χ0v) is 15.8. The van der Waals surface area contributed by atoms with Crippen molar-refractivity contribution in [2.75, 3.05) is 13.1 Å². The second-order valence-electron chi connectivity index (χ2n) is 7.84. The number of nitrogens with one attached hydrogen (secondary N) is 1. The second kappa shape index (κ2) is 7.21. The van der Waals surface area contributed by atoms with E-state index in [4.69, 9.17) is 0 Å². The molecule has 0 radical (unpaired) electrons. The molecule has 3 heterocycles. The van der Waals surface area contributed by atoms with Gasteiger partial charge in [0.1, 0.15) is 11.8 Å². The molecule has 1 amide bonds. The van der Waals surface area contributed by atoms with Crippen molar-refractivity contribution >= 4 is 5.91 Å². The summed E-state index contributed by atoms with van der Waals surface area (Å²) in [6.07, 6.45) is 4.96. The zero-order valence-electron chi connectivity index (χ0n) is 15.8. The summed E-state index contributed by atoms with van der Waals surface area (Å²) < 4.78 is 2.00. The van der Waals surface area contributed by atoms with Crippen molar-refractivity contribution in [2.24, 2.45) is 0 Å². The number of hydrogen-bond donors (Lipinski definition) is 1. The van der Waals surface area contributed by atoms with Gasteiger partial charge in [0, 0.05) is 37.9 Å². The summed E-state index contributed by atoms with van der Waals surface area (Å²) in [6.45, 7) is 5.69. The Kier molecular flexibility index (Phi) is 4.75. The van der Waals surface area contributed by atoms with Gasteiger partial charge >= 0.3 is 0 Å². The number of nitrogens with zero attached hydrogens (tertiary/aromatic N) is 3. The van der Waals surface area contributed by atoms with E-state index < -0.39 is 0 Å². The molecule has 140 valence electrons. The molecule has 1 aromatic carbocycles. The SMILES string of the molecule is CCn1cc(CN2CCC3(CC2)C[C@@H](c2ccccc2)C(=O)N3)cc1C#N. The molecular formula is C22H26N4O. The summed E-state index contributed by atoms with van der Waals surface area (Å²) in [4.78, 5) is 15.0. The first-order chi connectivity index (χ1) is 13.1. The Hall–Kier alpha value is -2.58. The minimum absolute atomic E-state index is 0.0190. The van der Waals surface area contributed by atoms with Gasteiger partial charge in [0.05, 0.1) is 5.92 Å². The lowest BCUT2D eigenvalue weighted by Gasteiger charge is -2.39. The van der Waals surface area contributed by atoms with Crippen LogP contribution in [-0.4, -0.2) is 34.0 Å². The maximum absolute atomic E-state index is 12.6. The summed E-state index contributed by atoms with van der Waals surface area (Å²) in [5.74, 6) is 0.155. The van der Waals surface area contributed by atoms with Gasteiger partial charge in [-0.3, -0.25) is 9.69 Å². The topological polar surface area (TPSA) is 61.1 Å². The van der Waals surface area contributed by atoms with Crippen molar-refractivity contribution in [3.05, 3.63) is 59.4 Å². The molecule has 2 aliphatic heterocycles. The Morgan fingerprint density at radius 2 is 2.00 bits per heavy atom. The fourth-order valence-corrected chi connectivity index (χ4v) is 4.57. The van der Waals surface area contributed by atoms with Gasteiger partial charge in [-0.25, -0.2) is 0 Å². The van der Waals surface area contributed by atoms with E-state index in [1.54, 1.807) is 0 Å². The van der Waals surface area contributed by atoms with Crippen LogP contribution in [0.1, 0.15) is 48.9 Å². The van der Waals surface area contributed by atoms with E-state index in [1.165, 1.54) is 5.56 Å². The minimum atomic E-state index is -0.0543. The number of aryl methyl sites for hydroxylation is 1. The van der Waals surface area contributed by atoms with Gasteiger partial charge in [0.25, 0.3) is 0 Å². The molecule has 27 heavy (non-hydrogen) atoms. The Morgan fingerprint density at radius 3 is 2.63 bits per heavy atom. The van der Waals surface area contributed by atoms with Crippen LogP contribution >= 0.6 is 0 Å². The molecule has 2 saturated heterocycles. The van der Waals surface area contributed by atoms with Gasteiger partial charge in [0.2, 0.25) is 5.91 Å². The van der Waals surface area contributed by atoms with Crippen LogP contribution in [0.15, 0.2) is 42.6 Å². The number of amides is 1. The van der Waals surface area contributed by atoms with Gasteiger partial charge in [-0.05, 0) is 43.4 Å². The minimum Gasteiger partial charge on any atom is -0.350 e.